The lowest BCUT2D eigenvalue weighted by Crippen LogP contribution is -2.35. The predicted molar refractivity (Wildman–Crippen MR) is 72.3 cm³/mol. The first-order chi connectivity index (χ1) is 7.63. The van der Waals surface area contributed by atoms with Crippen LogP contribution in [-0.4, -0.2) is 17.1 Å². The van der Waals surface area contributed by atoms with Gasteiger partial charge in [-0.3, -0.25) is 4.79 Å². The smallest absolute Gasteiger partial charge is 0.320 e. The molecule has 0 aliphatic rings. The third-order valence-corrected chi connectivity index (χ3v) is 3.06. The molecular formula is C12H16INO2. The van der Waals surface area contributed by atoms with E-state index in [1.54, 1.807) is 0 Å². The molecule has 0 heterocycles. The van der Waals surface area contributed by atoms with Crippen LogP contribution in [0.2, 0.25) is 0 Å². The molecule has 0 amide bonds. The van der Waals surface area contributed by atoms with Crippen molar-refractivity contribution in [2.75, 3.05) is 0 Å². The van der Waals surface area contributed by atoms with Crippen molar-refractivity contribution in [3.05, 3.63) is 33.4 Å². The van der Waals surface area contributed by atoms with Crippen LogP contribution in [0.15, 0.2) is 24.3 Å². The second-order valence-electron chi connectivity index (χ2n) is 3.69. The van der Waals surface area contributed by atoms with Gasteiger partial charge in [0.25, 0.3) is 0 Å². The maximum absolute atomic E-state index is 10.9. The van der Waals surface area contributed by atoms with Gasteiger partial charge in [-0.05, 0) is 46.7 Å². The van der Waals surface area contributed by atoms with Gasteiger partial charge in [0, 0.05) is 10.1 Å². The van der Waals surface area contributed by atoms with Crippen molar-refractivity contribution in [1.82, 2.24) is 5.32 Å². The van der Waals surface area contributed by atoms with E-state index < -0.39 is 12.0 Å². The number of hydrogen-bond donors (Lipinski definition) is 2. The summed E-state index contributed by atoms with van der Waals surface area (Å²) in [4.78, 5) is 10.9. The van der Waals surface area contributed by atoms with Gasteiger partial charge in [0.15, 0.2) is 0 Å². The van der Waals surface area contributed by atoms with Crippen molar-refractivity contribution < 1.29 is 9.90 Å². The van der Waals surface area contributed by atoms with Crippen molar-refractivity contribution in [1.29, 1.82) is 0 Å². The maximum atomic E-state index is 10.9. The second kappa shape index (κ2) is 6.85. The number of carboxylic acid groups (broad SMARTS) is 1. The van der Waals surface area contributed by atoms with E-state index in [1.807, 2.05) is 31.2 Å². The summed E-state index contributed by atoms with van der Waals surface area (Å²) in [6.07, 6.45) is 1.54. The van der Waals surface area contributed by atoms with E-state index in [4.69, 9.17) is 5.11 Å². The van der Waals surface area contributed by atoms with Crippen LogP contribution in [0.1, 0.15) is 25.3 Å². The molecule has 0 aliphatic heterocycles. The van der Waals surface area contributed by atoms with E-state index in [-0.39, 0.29) is 0 Å². The number of benzene rings is 1. The van der Waals surface area contributed by atoms with Crippen LogP contribution >= 0.6 is 22.6 Å². The largest absolute Gasteiger partial charge is 0.480 e. The number of carboxylic acids is 1. The summed E-state index contributed by atoms with van der Waals surface area (Å²) < 4.78 is 1.18. The van der Waals surface area contributed by atoms with Crippen molar-refractivity contribution in [2.45, 2.75) is 32.4 Å². The lowest BCUT2D eigenvalue weighted by atomic mass is 10.1. The summed E-state index contributed by atoms with van der Waals surface area (Å²) in [5.41, 5.74) is 1.11. The first kappa shape index (κ1) is 13.4. The fourth-order valence-corrected chi connectivity index (χ4v) is 1.80. The quantitative estimate of drug-likeness (QED) is 0.787. The van der Waals surface area contributed by atoms with E-state index >= 15 is 0 Å². The number of rotatable bonds is 6. The Morgan fingerprint density at radius 1 is 1.44 bits per heavy atom. The number of halogens is 1. The summed E-state index contributed by atoms with van der Waals surface area (Å²) in [6, 6.07) is 7.63. The van der Waals surface area contributed by atoms with Crippen LogP contribution in [0.25, 0.3) is 0 Å². The molecule has 1 aromatic rings. The molecule has 0 aliphatic carbocycles. The Balaban J connectivity index is 2.48. The van der Waals surface area contributed by atoms with Crippen LogP contribution < -0.4 is 5.32 Å². The first-order valence-electron chi connectivity index (χ1n) is 5.34. The van der Waals surface area contributed by atoms with Crippen molar-refractivity contribution >= 4 is 28.6 Å². The van der Waals surface area contributed by atoms with E-state index in [0.717, 1.165) is 12.0 Å². The lowest BCUT2D eigenvalue weighted by Gasteiger charge is -2.13. The normalized spacial score (nSPS) is 12.4. The summed E-state index contributed by atoms with van der Waals surface area (Å²) in [5, 5.41) is 12.0. The van der Waals surface area contributed by atoms with Crippen LogP contribution in [-0.2, 0) is 11.3 Å². The zero-order chi connectivity index (χ0) is 12.0. The second-order valence-corrected chi connectivity index (χ2v) is 4.93. The molecule has 16 heavy (non-hydrogen) atoms. The van der Waals surface area contributed by atoms with Crippen LogP contribution in [0.4, 0.5) is 0 Å². The SMILES string of the molecule is CCCC(NCc1ccc(I)cc1)C(=O)O. The minimum absolute atomic E-state index is 0.440. The molecule has 0 saturated carbocycles. The third-order valence-electron chi connectivity index (χ3n) is 2.34. The summed E-state index contributed by atoms with van der Waals surface area (Å²) in [7, 11) is 0. The molecular weight excluding hydrogens is 317 g/mol. The molecule has 3 nitrogen and oxygen atoms in total. The summed E-state index contributed by atoms with van der Waals surface area (Å²) in [5.74, 6) is -0.771. The standard InChI is InChI=1S/C12H16INO2/c1-2-3-11(12(15)16)14-8-9-4-6-10(13)7-5-9/h4-7,11,14H,2-3,8H2,1H3,(H,15,16). The lowest BCUT2D eigenvalue weighted by molar-refractivity contribution is -0.139. The highest BCUT2D eigenvalue weighted by molar-refractivity contribution is 14.1. The Labute approximate surface area is 109 Å². The van der Waals surface area contributed by atoms with Crippen molar-refractivity contribution in [2.24, 2.45) is 0 Å². The Morgan fingerprint density at radius 3 is 2.56 bits per heavy atom. The molecule has 88 valence electrons. The highest BCUT2D eigenvalue weighted by atomic mass is 127. The monoisotopic (exact) mass is 333 g/mol. The van der Waals surface area contributed by atoms with Gasteiger partial charge in [0.05, 0.1) is 0 Å². The first-order valence-corrected chi connectivity index (χ1v) is 6.42. The van der Waals surface area contributed by atoms with Gasteiger partial charge < -0.3 is 10.4 Å². The van der Waals surface area contributed by atoms with Gasteiger partial charge in [-0.15, -0.1) is 0 Å². The third kappa shape index (κ3) is 4.49. The Bertz CT molecular complexity index is 337. The van der Waals surface area contributed by atoms with E-state index in [9.17, 15) is 4.79 Å². The Hall–Kier alpha value is -0.620. The van der Waals surface area contributed by atoms with Crippen molar-refractivity contribution in [3.8, 4) is 0 Å². The minimum Gasteiger partial charge on any atom is -0.480 e. The van der Waals surface area contributed by atoms with E-state index in [0.29, 0.717) is 13.0 Å². The van der Waals surface area contributed by atoms with Gasteiger partial charge in [-0.2, -0.15) is 0 Å². The van der Waals surface area contributed by atoms with Crippen molar-refractivity contribution in [3.63, 3.8) is 0 Å². The highest BCUT2D eigenvalue weighted by Crippen LogP contribution is 2.07. The zero-order valence-corrected chi connectivity index (χ0v) is 11.4. The maximum Gasteiger partial charge on any atom is 0.320 e. The van der Waals surface area contributed by atoms with Gasteiger partial charge in [0.2, 0.25) is 0 Å². The Kier molecular flexibility index (Phi) is 5.76. The molecule has 0 saturated heterocycles. The van der Waals surface area contributed by atoms with Gasteiger partial charge >= 0.3 is 5.97 Å². The number of aliphatic carboxylic acids is 1. The predicted octanol–water partition coefficient (Wildman–Crippen LogP) is 2.63. The molecule has 1 atom stereocenters. The van der Waals surface area contributed by atoms with Gasteiger partial charge in [-0.25, -0.2) is 0 Å². The summed E-state index contributed by atoms with van der Waals surface area (Å²) >= 11 is 2.25. The molecule has 0 spiro atoms. The zero-order valence-electron chi connectivity index (χ0n) is 9.24. The number of hydrogen-bond acceptors (Lipinski definition) is 2. The van der Waals surface area contributed by atoms with E-state index in [1.165, 1.54) is 3.57 Å². The molecule has 2 N–H and O–H groups in total. The number of nitrogens with one attached hydrogen (secondary N) is 1. The topological polar surface area (TPSA) is 49.3 Å². The molecule has 0 aromatic heterocycles. The summed E-state index contributed by atoms with van der Waals surface area (Å²) in [6.45, 7) is 2.59. The van der Waals surface area contributed by atoms with Crippen LogP contribution in [0.3, 0.4) is 0 Å². The molecule has 4 heteroatoms. The molecule has 1 rings (SSSR count). The highest BCUT2D eigenvalue weighted by Gasteiger charge is 2.14. The Morgan fingerprint density at radius 2 is 2.06 bits per heavy atom. The molecule has 1 unspecified atom stereocenters. The van der Waals surface area contributed by atoms with E-state index in [2.05, 4.69) is 27.9 Å². The number of carbonyl (C=O) groups is 1. The molecule has 0 radical (unpaired) electrons. The fraction of sp³-hybridized carbons (Fsp3) is 0.417. The van der Waals surface area contributed by atoms with Crippen LogP contribution in [0.5, 0.6) is 0 Å². The molecule has 0 fully saturated rings. The molecule has 1 aromatic carbocycles. The average molecular weight is 333 g/mol. The van der Waals surface area contributed by atoms with Gasteiger partial charge in [-0.1, -0.05) is 25.5 Å². The molecule has 0 bridgehead atoms. The average Bonchev–Trinajstić information content (AvgIpc) is 2.26. The fourth-order valence-electron chi connectivity index (χ4n) is 1.44. The minimum atomic E-state index is -0.771. The van der Waals surface area contributed by atoms with Crippen LogP contribution in [0, 0.1) is 3.57 Å². The van der Waals surface area contributed by atoms with Gasteiger partial charge in [0.1, 0.15) is 6.04 Å².